The molecule has 0 bridgehead atoms. The number of hydrogen-bond donors (Lipinski definition) is 2. The molecule has 90 valence electrons. The van der Waals surface area contributed by atoms with Gasteiger partial charge in [-0.15, -0.1) is 0 Å². The first-order chi connectivity index (χ1) is 8.17. The predicted molar refractivity (Wildman–Crippen MR) is 61.0 cm³/mol. The summed E-state index contributed by atoms with van der Waals surface area (Å²) in [6.07, 6.45) is -0.708. The SMILES string of the molecule is CCOC(=O)Nc1ccc(C#CCO)cc1F. The molecule has 0 saturated heterocycles. The van der Waals surface area contributed by atoms with E-state index in [1.54, 1.807) is 6.92 Å². The van der Waals surface area contributed by atoms with Gasteiger partial charge < -0.3 is 9.84 Å². The molecule has 0 heterocycles. The van der Waals surface area contributed by atoms with Gasteiger partial charge in [0.1, 0.15) is 12.4 Å². The highest BCUT2D eigenvalue weighted by Gasteiger charge is 2.07. The van der Waals surface area contributed by atoms with Crippen LogP contribution in [0.5, 0.6) is 0 Å². The van der Waals surface area contributed by atoms with Crippen molar-refractivity contribution in [2.45, 2.75) is 6.92 Å². The van der Waals surface area contributed by atoms with E-state index in [1.165, 1.54) is 18.2 Å². The zero-order valence-electron chi connectivity index (χ0n) is 9.29. The Morgan fingerprint density at radius 1 is 1.59 bits per heavy atom. The molecule has 1 amide bonds. The molecule has 2 N–H and O–H groups in total. The summed E-state index contributed by atoms with van der Waals surface area (Å²) >= 11 is 0. The summed E-state index contributed by atoms with van der Waals surface area (Å²) in [6, 6.07) is 4.09. The van der Waals surface area contributed by atoms with E-state index in [0.717, 1.165) is 0 Å². The lowest BCUT2D eigenvalue weighted by Crippen LogP contribution is -2.14. The minimum Gasteiger partial charge on any atom is -0.450 e. The van der Waals surface area contributed by atoms with E-state index in [0.29, 0.717) is 5.56 Å². The number of anilines is 1. The van der Waals surface area contributed by atoms with Crippen molar-refractivity contribution in [1.82, 2.24) is 0 Å². The summed E-state index contributed by atoms with van der Waals surface area (Å²) in [5.74, 6) is 4.35. The predicted octanol–water partition coefficient (Wildman–Crippen LogP) is 1.74. The van der Waals surface area contributed by atoms with E-state index in [-0.39, 0.29) is 18.9 Å². The van der Waals surface area contributed by atoms with Gasteiger partial charge in [-0.3, -0.25) is 5.32 Å². The topological polar surface area (TPSA) is 58.6 Å². The second-order valence-corrected chi connectivity index (χ2v) is 3.00. The van der Waals surface area contributed by atoms with Crippen molar-refractivity contribution in [3.05, 3.63) is 29.6 Å². The molecule has 1 aromatic carbocycles. The van der Waals surface area contributed by atoms with E-state index < -0.39 is 11.9 Å². The van der Waals surface area contributed by atoms with E-state index in [2.05, 4.69) is 21.9 Å². The van der Waals surface area contributed by atoms with Gasteiger partial charge in [-0.2, -0.15) is 0 Å². The summed E-state index contributed by atoms with van der Waals surface area (Å²) < 4.78 is 18.1. The van der Waals surface area contributed by atoms with E-state index in [1.807, 2.05) is 0 Å². The number of ether oxygens (including phenoxy) is 1. The summed E-state index contributed by atoms with van der Waals surface area (Å²) in [5.41, 5.74) is 0.448. The van der Waals surface area contributed by atoms with Crippen LogP contribution in [0.1, 0.15) is 12.5 Å². The number of benzene rings is 1. The lowest BCUT2D eigenvalue weighted by atomic mass is 10.2. The number of nitrogens with one attached hydrogen (secondary N) is 1. The lowest BCUT2D eigenvalue weighted by Gasteiger charge is -2.06. The van der Waals surface area contributed by atoms with Crippen molar-refractivity contribution in [3.63, 3.8) is 0 Å². The fraction of sp³-hybridized carbons (Fsp3) is 0.250. The average molecular weight is 237 g/mol. The van der Waals surface area contributed by atoms with Crippen LogP contribution in [0, 0.1) is 17.7 Å². The maximum atomic E-state index is 13.5. The molecule has 1 aromatic rings. The fourth-order valence-corrected chi connectivity index (χ4v) is 1.11. The summed E-state index contributed by atoms with van der Waals surface area (Å²) in [5, 5.41) is 10.7. The standard InChI is InChI=1S/C12H12FNO3/c1-2-17-12(16)14-11-6-5-9(4-3-7-15)8-10(11)13/h5-6,8,15H,2,7H2,1H3,(H,14,16). The van der Waals surface area contributed by atoms with E-state index in [4.69, 9.17) is 5.11 Å². The third kappa shape index (κ3) is 4.13. The molecule has 0 spiro atoms. The monoisotopic (exact) mass is 237 g/mol. The zero-order chi connectivity index (χ0) is 12.7. The van der Waals surface area contributed by atoms with E-state index in [9.17, 15) is 9.18 Å². The molecule has 0 aliphatic rings. The first-order valence-electron chi connectivity index (χ1n) is 5.00. The Kier molecular flexibility index (Phi) is 4.98. The first-order valence-corrected chi connectivity index (χ1v) is 5.00. The van der Waals surface area contributed by atoms with Crippen molar-refractivity contribution in [1.29, 1.82) is 0 Å². The third-order valence-corrected chi connectivity index (χ3v) is 1.79. The van der Waals surface area contributed by atoms with Gasteiger partial charge in [-0.1, -0.05) is 11.8 Å². The van der Waals surface area contributed by atoms with Gasteiger partial charge in [0.05, 0.1) is 12.3 Å². The number of amides is 1. The summed E-state index contributed by atoms with van der Waals surface area (Å²) in [7, 11) is 0. The van der Waals surface area contributed by atoms with Crippen molar-refractivity contribution >= 4 is 11.8 Å². The largest absolute Gasteiger partial charge is 0.450 e. The van der Waals surface area contributed by atoms with Gasteiger partial charge in [-0.05, 0) is 25.1 Å². The Labute approximate surface area is 98.4 Å². The second-order valence-electron chi connectivity index (χ2n) is 3.00. The Hall–Kier alpha value is -2.06. The van der Waals surface area contributed by atoms with Crippen LogP contribution < -0.4 is 5.32 Å². The number of hydrogen-bond acceptors (Lipinski definition) is 3. The molecule has 0 radical (unpaired) electrons. The van der Waals surface area contributed by atoms with Gasteiger partial charge in [-0.25, -0.2) is 9.18 Å². The van der Waals surface area contributed by atoms with Crippen molar-refractivity contribution in [3.8, 4) is 11.8 Å². The number of aliphatic hydroxyl groups is 1. The molecule has 0 atom stereocenters. The molecular weight excluding hydrogens is 225 g/mol. The number of halogens is 1. The van der Waals surface area contributed by atoms with Gasteiger partial charge in [0, 0.05) is 5.56 Å². The van der Waals surface area contributed by atoms with Crippen LogP contribution in [-0.2, 0) is 4.74 Å². The lowest BCUT2D eigenvalue weighted by molar-refractivity contribution is 0.168. The highest BCUT2D eigenvalue weighted by atomic mass is 19.1. The first kappa shape index (κ1) is 13.0. The fourth-order valence-electron chi connectivity index (χ4n) is 1.11. The molecule has 0 saturated carbocycles. The van der Waals surface area contributed by atoms with Crippen LogP contribution in [0.15, 0.2) is 18.2 Å². The molecule has 0 aromatic heterocycles. The maximum absolute atomic E-state index is 13.5. The smallest absolute Gasteiger partial charge is 0.411 e. The highest BCUT2D eigenvalue weighted by Crippen LogP contribution is 2.15. The third-order valence-electron chi connectivity index (χ3n) is 1.79. The van der Waals surface area contributed by atoms with Crippen LogP contribution in [0.3, 0.4) is 0 Å². The van der Waals surface area contributed by atoms with Crippen LogP contribution in [0.25, 0.3) is 0 Å². The minimum atomic E-state index is -0.708. The van der Waals surface area contributed by atoms with Crippen LogP contribution in [-0.4, -0.2) is 24.4 Å². The van der Waals surface area contributed by atoms with Crippen molar-refractivity contribution < 1.29 is 19.0 Å². The molecule has 0 unspecified atom stereocenters. The summed E-state index contributed by atoms with van der Waals surface area (Å²) in [6.45, 7) is 1.58. The van der Waals surface area contributed by atoms with E-state index >= 15 is 0 Å². The van der Waals surface area contributed by atoms with Crippen molar-refractivity contribution in [2.24, 2.45) is 0 Å². The average Bonchev–Trinajstić information content (AvgIpc) is 2.30. The van der Waals surface area contributed by atoms with Crippen molar-refractivity contribution in [2.75, 3.05) is 18.5 Å². The maximum Gasteiger partial charge on any atom is 0.411 e. The molecule has 0 aliphatic carbocycles. The Bertz CT molecular complexity index is 463. The summed E-state index contributed by atoms with van der Waals surface area (Å²) in [4.78, 5) is 11.1. The van der Waals surface area contributed by atoms with Gasteiger partial charge >= 0.3 is 6.09 Å². The van der Waals surface area contributed by atoms with Gasteiger partial charge in [0.15, 0.2) is 0 Å². The number of carbonyl (C=O) groups is 1. The number of rotatable bonds is 2. The van der Waals surface area contributed by atoms with Gasteiger partial charge in [0.25, 0.3) is 0 Å². The molecule has 5 heteroatoms. The van der Waals surface area contributed by atoms with Crippen LogP contribution >= 0.6 is 0 Å². The Morgan fingerprint density at radius 3 is 2.94 bits per heavy atom. The highest BCUT2D eigenvalue weighted by molar-refractivity contribution is 5.84. The Morgan fingerprint density at radius 2 is 2.35 bits per heavy atom. The Balaban J connectivity index is 2.79. The molecular formula is C12H12FNO3. The normalized spacial score (nSPS) is 9.12. The second kappa shape index (κ2) is 6.51. The molecule has 0 fully saturated rings. The van der Waals surface area contributed by atoms with Gasteiger partial charge in [0.2, 0.25) is 0 Å². The van der Waals surface area contributed by atoms with Crippen LogP contribution in [0.2, 0.25) is 0 Å². The molecule has 1 rings (SSSR count). The van der Waals surface area contributed by atoms with Crippen LogP contribution in [0.4, 0.5) is 14.9 Å². The molecule has 17 heavy (non-hydrogen) atoms. The zero-order valence-corrected chi connectivity index (χ0v) is 9.29. The minimum absolute atomic E-state index is 0.0259. The molecule has 4 nitrogen and oxygen atoms in total. The number of aliphatic hydroxyl groups excluding tert-OH is 1. The number of carbonyl (C=O) groups excluding carboxylic acids is 1. The quantitative estimate of drug-likeness (QED) is 0.770. The molecule has 0 aliphatic heterocycles.